The van der Waals surface area contributed by atoms with Crippen molar-refractivity contribution in [1.29, 1.82) is 0 Å². The fourth-order valence-electron chi connectivity index (χ4n) is 14.7. The van der Waals surface area contributed by atoms with E-state index < -0.39 is 0 Å². The van der Waals surface area contributed by atoms with Crippen molar-refractivity contribution in [3.8, 4) is 40.2 Å². The number of ether oxygens (including phenoxy) is 6. The maximum atomic E-state index is 13.4. The van der Waals surface area contributed by atoms with E-state index in [2.05, 4.69) is 210 Å². The van der Waals surface area contributed by atoms with Crippen LogP contribution in [0, 0.1) is 61.2 Å². The molecule has 6 heterocycles. The van der Waals surface area contributed by atoms with Gasteiger partial charge in [0.05, 0.1) is 45.4 Å². The topological polar surface area (TPSA) is 91.9 Å². The number of hydrogen-bond acceptors (Lipinski definition) is 10. The van der Waals surface area contributed by atoms with Crippen LogP contribution in [0.4, 0.5) is 38.5 Å². The van der Waals surface area contributed by atoms with Gasteiger partial charge in [-0.05, 0) is 185 Å². The second-order valence-corrected chi connectivity index (χ2v) is 32.2. The first kappa shape index (κ1) is 83.6. The smallest absolute Gasteiger partial charge is 0.292 e. The molecule has 0 unspecified atom stereocenters. The molecule has 20 rings (SSSR count). The Kier molecular flexibility index (Phi) is 27.5. The van der Waals surface area contributed by atoms with Crippen LogP contribution in [0.5, 0.6) is 40.2 Å². The minimum absolute atomic E-state index is 0.235. The van der Waals surface area contributed by atoms with Gasteiger partial charge in [0, 0.05) is 92.5 Å². The molecule has 18 heteroatoms. The van der Waals surface area contributed by atoms with Gasteiger partial charge in [-0.25, -0.2) is 4.39 Å². The van der Waals surface area contributed by atoms with E-state index >= 15 is 0 Å². The molecule has 0 saturated carbocycles. The van der Waals surface area contributed by atoms with Crippen molar-refractivity contribution in [3.05, 3.63) is 404 Å². The highest BCUT2D eigenvalue weighted by molar-refractivity contribution is 7.99. The minimum Gasteiger partial charge on any atom is -0.435 e. The minimum atomic E-state index is -0.235. The number of para-hydroxylation sites is 7. The van der Waals surface area contributed by atoms with Gasteiger partial charge >= 0.3 is 0 Å². The molecule has 122 heavy (non-hydrogen) atoms. The molecule has 0 fully saturated rings. The van der Waals surface area contributed by atoms with Crippen molar-refractivity contribution >= 4 is 107 Å². The predicted molar refractivity (Wildman–Crippen MR) is 488 cm³/mol. The number of hydrogen-bond donors (Lipinski definition) is 0. The van der Waals surface area contributed by atoms with Gasteiger partial charge in [-0.2, -0.15) is 27.5 Å². The summed E-state index contributed by atoms with van der Waals surface area (Å²) >= 11 is 9.04. The van der Waals surface area contributed by atoms with Crippen LogP contribution >= 0.6 is 35.4 Å². The SMILES string of the molecule is Cc1cc(C)c2c(c1)C=[N+](c1ccccc1)CO2.Cc1cc(C)c2c(c1)C=[N+](c1ccccc1)CO2.Cc1cc(Cl)cc2c1OC[N+](c1ccccc1)=C2.Cc1cc(F)cc2c1OC[N+](c1ccccc1)=C2.Cc1cc(SOOc2ccccc2)cc2c1OC[N+](c1ccccc1)=C2.Cc1cc(Sc2ccccc2)cc2c1OC[N+](c1ccccc1)=C2. The quantitative estimate of drug-likeness (QED) is 0.0510. The van der Waals surface area contributed by atoms with Gasteiger partial charge in [0.15, 0.2) is 43.0 Å². The molecule has 0 radical (unpaired) electrons. The monoisotopic (exact) mass is 1670 g/mol. The van der Waals surface area contributed by atoms with Gasteiger partial charge in [-0.15, -0.1) is 4.33 Å². The summed E-state index contributed by atoms with van der Waals surface area (Å²) in [6, 6.07) is 105. The lowest BCUT2D eigenvalue weighted by atomic mass is 10.1. The molecule has 0 aromatic heterocycles. The number of aryl methyl sites for hydroxylation is 8. The average molecular weight is 1670 g/mol. The van der Waals surface area contributed by atoms with Crippen molar-refractivity contribution in [1.82, 2.24) is 0 Å². The number of halogens is 2. The van der Waals surface area contributed by atoms with Crippen molar-refractivity contribution in [2.24, 2.45) is 0 Å². The molecule has 608 valence electrons. The largest absolute Gasteiger partial charge is 0.435 e. The van der Waals surface area contributed by atoms with Crippen LogP contribution in [0.2, 0.25) is 5.02 Å². The average Bonchev–Trinajstić information content (AvgIpc) is 0.823. The first-order valence-corrected chi connectivity index (χ1v) is 42.2. The van der Waals surface area contributed by atoms with Crippen LogP contribution < -0.4 is 33.3 Å². The first-order valence-electron chi connectivity index (χ1n) is 40.2. The van der Waals surface area contributed by atoms with E-state index in [4.69, 9.17) is 49.2 Å². The third kappa shape index (κ3) is 21.6. The van der Waals surface area contributed by atoms with E-state index in [1.165, 1.54) is 61.8 Å². The summed E-state index contributed by atoms with van der Waals surface area (Å²) in [7, 11) is 0. The van der Waals surface area contributed by atoms with E-state index in [-0.39, 0.29) is 5.82 Å². The zero-order valence-electron chi connectivity index (χ0n) is 69.3. The Labute approximate surface area is 726 Å². The summed E-state index contributed by atoms with van der Waals surface area (Å²) in [6.45, 7) is 19.6. The Balaban J connectivity index is 0.000000114. The summed E-state index contributed by atoms with van der Waals surface area (Å²) < 4.78 is 66.4. The molecule has 0 spiro atoms. The number of rotatable bonds is 12. The molecule has 6 aliphatic rings. The molecule has 0 bridgehead atoms. The van der Waals surface area contributed by atoms with Gasteiger partial charge in [0.2, 0.25) is 34.1 Å². The molecule has 14 aromatic carbocycles. The second kappa shape index (κ2) is 40.1. The molecule has 0 amide bonds. The highest BCUT2D eigenvalue weighted by Gasteiger charge is 2.28. The normalized spacial score (nSPS) is 13.3. The highest BCUT2D eigenvalue weighted by atomic mass is 35.5. The van der Waals surface area contributed by atoms with E-state index in [0.717, 1.165) is 129 Å². The lowest BCUT2D eigenvalue weighted by molar-refractivity contribution is -0.476. The number of fused-ring (bicyclic) bond motifs is 6. The molecule has 6 aliphatic heterocycles. The van der Waals surface area contributed by atoms with Crippen molar-refractivity contribution in [2.75, 3.05) is 40.4 Å². The van der Waals surface area contributed by atoms with Gasteiger partial charge in [0.1, 0.15) is 40.3 Å². The summed E-state index contributed by atoms with van der Waals surface area (Å²) in [5, 5.41) is 0.737. The van der Waals surface area contributed by atoms with Crippen molar-refractivity contribution in [3.63, 3.8) is 0 Å². The Bertz CT molecular complexity index is 5800. The third-order valence-corrected chi connectivity index (χ3v) is 22.1. The Hall–Kier alpha value is -13.4. The summed E-state index contributed by atoms with van der Waals surface area (Å²) in [4.78, 5) is 8.72. The van der Waals surface area contributed by atoms with Gasteiger partial charge in [-0.3, -0.25) is 0 Å². The molecule has 0 N–H and O–H groups in total. The molecule has 0 aliphatic carbocycles. The maximum Gasteiger partial charge on any atom is 0.292 e. The first-order chi connectivity index (χ1) is 59.5. The maximum absolute atomic E-state index is 13.4. The Morgan fingerprint density at radius 2 is 0.533 bits per heavy atom. The van der Waals surface area contributed by atoms with E-state index in [1.807, 2.05) is 214 Å². The standard InChI is InChI=1S/C21H18NO3S.C21H18NOS.2C16H16NO.C15H13ClNO.C15H13FNO/c1-16-12-20(26-25-24-19-10-6-3-7-11-19)13-17-14-22(15-23-21(16)17)18-8-4-2-5-9-18;1-16-12-20(24-19-10-6-3-7-11-19)13-17-14-22(15-23-21(16)17)18-8-4-2-5-9-18;2*1-12-8-13(2)16-14(9-12)10-17(11-18-16)15-6-4-3-5-7-15;2*1-11-7-13(16)8-12-9-17(10-18-15(11)12)14-5-3-2-4-6-14/h2-14H,15H2,1H3;2-14H,15H2,1H3;2*3-10H,11H2,1-2H3;2*2-9H,10H2,1H3/q6*+1. The summed E-state index contributed by atoms with van der Waals surface area (Å²) in [5.74, 6) is 6.03. The van der Waals surface area contributed by atoms with Gasteiger partial charge in [-0.1, -0.05) is 181 Å². The zero-order valence-corrected chi connectivity index (χ0v) is 71.6. The van der Waals surface area contributed by atoms with Crippen LogP contribution in [0.25, 0.3) is 0 Å². The van der Waals surface area contributed by atoms with Crippen LogP contribution in [-0.4, -0.2) is 105 Å². The highest BCUT2D eigenvalue weighted by Crippen LogP contribution is 2.38. The summed E-state index contributed by atoms with van der Waals surface area (Å²) in [5.41, 5.74) is 22.0. The second-order valence-electron chi connectivity index (χ2n) is 29.8. The predicted octanol–water partition coefficient (Wildman–Crippen LogP) is 24.2. The molecule has 14 nitrogen and oxygen atoms in total. The Morgan fingerprint density at radius 1 is 0.270 bits per heavy atom. The molecular weight excluding hydrogens is 1580 g/mol. The van der Waals surface area contributed by atoms with Crippen LogP contribution in [0.3, 0.4) is 0 Å². The van der Waals surface area contributed by atoms with Crippen molar-refractivity contribution < 1.29 is 69.5 Å². The fraction of sp³-hybridized carbons (Fsp3) is 0.135. The van der Waals surface area contributed by atoms with E-state index in [1.54, 1.807) is 11.8 Å². The number of nitrogens with zero attached hydrogens (tertiary/aromatic N) is 6. The van der Waals surface area contributed by atoms with E-state index in [0.29, 0.717) is 46.1 Å². The van der Waals surface area contributed by atoms with Crippen LogP contribution in [-0.2, 0) is 4.33 Å². The fourth-order valence-corrected chi connectivity index (χ4v) is 16.6. The lowest BCUT2D eigenvalue weighted by Gasteiger charge is -2.17. The zero-order chi connectivity index (χ0) is 84.3. The lowest BCUT2D eigenvalue weighted by Crippen LogP contribution is -2.21. The molecule has 0 saturated heterocycles. The molecular formula is C104H94ClFN6O8S2+6. The molecule has 14 aromatic rings. The third-order valence-electron chi connectivity index (χ3n) is 20.4. The molecule has 0 atom stereocenters. The van der Waals surface area contributed by atoms with E-state index in [9.17, 15) is 4.39 Å². The van der Waals surface area contributed by atoms with Crippen LogP contribution in [0.15, 0.2) is 330 Å². The van der Waals surface area contributed by atoms with Gasteiger partial charge in [0.25, 0.3) is 40.4 Å². The number of benzene rings is 14. The Morgan fingerprint density at radius 3 is 0.877 bits per heavy atom. The summed E-state index contributed by atoms with van der Waals surface area (Å²) in [6.07, 6.45) is 12.6. The van der Waals surface area contributed by atoms with Crippen LogP contribution in [0.1, 0.15) is 77.9 Å². The van der Waals surface area contributed by atoms with Crippen molar-refractivity contribution in [2.45, 2.75) is 70.1 Å². The van der Waals surface area contributed by atoms with Gasteiger partial charge < -0.3 is 33.3 Å².